The van der Waals surface area contributed by atoms with Crippen molar-refractivity contribution in [3.8, 4) is 0 Å². The fourth-order valence-electron chi connectivity index (χ4n) is 2.66. The van der Waals surface area contributed by atoms with E-state index < -0.39 is 0 Å². The van der Waals surface area contributed by atoms with Crippen LogP contribution in [0.5, 0.6) is 0 Å². The lowest BCUT2D eigenvalue weighted by atomic mass is 10.0. The van der Waals surface area contributed by atoms with Crippen molar-refractivity contribution < 1.29 is 4.79 Å². The van der Waals surface area contributed by atoms with Gasteiger partial charge < -0.3 is 5.32 Å². The van der Waals surface area contributed by atoms with Gasteiger partial charge in [-0.05, 0) is 29.7 Å². The molecule has 120 valence electrons. The van der Waals surface area contributed by atoms with Crippen LogP contribution in [-0.4, -0.2) is 10.9 Å². The first-order valence-electron chi connectivity index (χ1n) is 8.12. The Kier molecular flexibility index (Phi) is 5.36. The number of nitrogens with zero attached hydrogens (tertiary/aromatic N) is 1. The van der Waals surface area contributed by atoms with Crippen molar-refractivity contribution >= 4 is 5.91 Å². The molecule has 0 saturated carbocycles. The molecule has 2 aromatic carbocycles. The molecule has 1 N–H and O–H groups in total. The molecule has 1 atom stereocenters. The molecule has 0 spiro atoms. The first kappa shape index (κ1) is 15.9. The van der Waals surface area contributed by atoms with Gasteiger partial charge in [0.1, 0.15) is 0 Å². The lowest BCUT2D eigenvalue weighted by molar-refractivity contribution is -0.121. The van der Waals surface area contributed by atoms with Gasteiger partial charge in [0.05, 0.1) is 11.7 Å². The van der Waals surface area contributed by atoms with Crippen LogP contribution in [0.15, 0.2) is 85.1 Å². The molecule has 0 aliphatic heterocycles. The van der Waals surface area contributed by atoms with Crippen LogP contribution in [0.2, 0.25) is 0 Å². The van der Waals surface area contributed by atoms with Gasteiger partial charge in [0, 0.05) is 12.6 Å². The molecule has 3 rings (SSSR count). The van der Waals surface area contributed by atoms with Crippen LogP contribution in [-0.2, 0) is 11.2 Å². The molecule has 1 amide bonds. The second kappa shape index (κ2) is 8.06. The van der Waals surface area contributed by atoms with Crippen molar-refractivity contribution in [2.45, 2.75) is 18.9 Å². The predicted molar refractivity (Wildman–Crippen MR) is 95.4 cm³/mol. The summed E-state index contributed by atoms with van der Waals surface area (Å²) < 4.78 is 0. The fourth-order valence-corrected chi connectivity index (χ4v) is 2.66. The van der Waals surface area contributed by atoms with E-state index in [0.29, 0.717) is 6.42 Å². The van der Waals surface area contributed by atoms with Crippen LogP contribution in [0.4, 0.5) is 0 Å². The highest BCUT2D eigenvalue weighted by Gasteiger charge is 2.17. The summed E-state index contributed by atoms with van der Waals surface area (Å²) in [5.41, 5.74) is 3.04. The average molecular weight is 316 g/mol. The maximum Gasteiger partial charge on any atom is 0.221 e. The number of amides is 1. The van der Waals surface area contributed by atoms with Crippen LogP contribution < -0.4 is 5.32 Å². The molecule has 1 aromatic heterocycles. The third-order valence-corrected chi connectivity index (χ3v) is 3.91. The summed E-state index contributed by atoms with van der Waals surface area (Å²) in [6.45, 7) is 0. The Morgan fingerprint density at radius 2 is 1.54 bits per heavy atom. The van der Waals surface area contributed by atoms with Gasteiger partial charge in [-0.25, -0.2) is 0 Å². The Morgan fingerprint density at radius 1 is 0.875 bits per heavy atom. The number of hydrogen-bond acceptors (Lipinski definition) is 2. The summed E-state index contributed by atoms with van der Waals surface area (Å²) in [6.07, 6.45) is 2.94. The number of aryl methyl sites for hydroxylation is 1. The fraction of sp³-hybridized carbons (Fsp3) is 0.143. The molecule has 0 fully saturated rings. The van der Waals surface area contributed by atoms with Gasteiger partial charge in [0.25, 0.3) is 0 Å². The Balaban J connectivity index is 1.71. The monoisotopic (exact) mass is 316 g/mol. The van der Waals surface area contributed by atoms with Gasteiger partial charge in [0.15, 0.2) is 0 Å². The Bertz CT molecular complexity index is 718. The minimum absolute atomic E-state index is 0.0263. The lowest BCUT2D eigenvalue weighted by Crippen LogP contribution is -2.30. The molecule has 3 aromatic rings. The third kappa shape index (κ3) is 4.29. The predicted octanol–water partition coefficient (Wildman–Crippen LogP) is 3.92. The Labute approximate surface area is 142 Å². The van der Waals surface area contributed by atoms with E-state index in [1.165, 1.54) is 5.56 Å². The summed E-state index contributed by atoms with van der Waals surface area (Å²) in [5.74, 6) is 0.0263. The standard InChI is InChI=1S/C21H20N2O/c24-20(15-14-17-9-3-1-4-10-17)23-21(18-11-5-2-6-12-18)19-13-7-8-16-22-19/h1-13,16,21H,14-15H2,(H,23,24). The number of rotatable bonds is 6. The molecule has 3 heteroatoms. The van der Waals surface area contributed by atoms with E-state index >= 15 is 0 Å². The van der Waals surface area contributed by atoms with Gasteiger partial charge >= 0.3 is 0 Å². The van der Waals surface area contributed by atoms with Crippen molar-refractivity contribution in [3.05, 3.63) is 102 Å². The van der Waals surface area contributed by atoms with Crippen LogP contribution in [0.25, 0.3) is 0 Å². The second-order valence-electron chi connectivity index (χ2n) is 5.65. The highest BCUT2D eigenvalue weighted by molar-refractivity contribution is 5.77. The maximum absolute atomic E-state index is 12.4. The van der Waals surface area contributed by atoms with Gasteiger partial charge in [-0.3, -0.25) is 9.78 Å². The van der Waals surface area contributed by atoms with E-state index in [9.17, 15) is 4.79 Å². The van der Waals surface area contributed by atoms with E-state index in [2.05, 4.69) is 10.3 Å². The number of carbonyl (C=O) groups excluding carboxylic acids is 1. The highest BCUT2D eigenvalue weighted by Crippen LogP contribution is 2.20. The summed E-state index contributed by atoms with van der Waals surface area (Å²) in [6, 6.07) is 25.5. The number of benzene rings is 2. The SMILES string of the molecule is O=C(CCc1ccccc1)NC(c1ccccc1)c1ccccn1. The summed E-state index contributed by atoms with van der Waals surface area (Å²) in [7, 11) is 0. The average Bonchev–Trinajstić information content (AvgIpc) is 2.67. The summed E-state index contributed by atoms with van der Waals surface area (Å²) in [5, 5.41) is 3.12. The molecular formula is C21H20N2O. The van der Waals surface area contributed by atoms with Crippen LogP contribution in [0.3, 0.4) is 0 Å². The van der Waals surface area contributed by atoms with Gasteiger partial charge in [-0.2, -0.15) is 0 Å². The number of nitrogens with one attached hydrogen (secondary N) is 1. The van der Waals surface area contributed by atoms with E-state index in [-0.39, 0.29) is 11.9 Å². The first-order valence-corrected chi connectivity index (χ1v) is 8.12. The number of carbonyl (C=O) groups is 1. The minimum atomic E-state index is -0.226. The van der Waals surface area contributed by atoms with Crippen LogP contribution in [0, 0.1) is 0 Å². The normalized spacial score (nSPS) is 11.7. The van der Waals surface area contributed by atoms with Crippen molar-refractivity contribution in [1.82, 2.24) is 10.3 Å². The van der Waals surface area contributed by atoms with Gasteiger partial charge in [0.2, 0.25) is 5.91 Å². The Hall–Kier alpha value is -2.94. The zero-order chi connectivity index (χ0) is 16.6. The van der Waals surface area contributed by atoms with Crippen LogP contribution >= 0.6 is 0 Å². The van der Waals surface area contributed by atoms with Gasteiger partial charge in [-0.1, -0.05) is 66.7 Å². The number of pyridine rings is 1. The largest absolute Gasteiger partial charge is 0.344 e. The molecule has 0 bridgehead atoms. The van der Waals surface area contributed by atoms with E-state index in [0.717, 1.165) is 17.7 Å². The van der Waals surface area contributed by atoms with E-state index in [1.54, 1.807) is 6.20 Å². The van der Waals surface area contributed by atoms with Crippen molar-refractivity contribution in [2.24, 2.45) is 0 Å². The topological polar surface area (TPSA) is 42.0 Å². The molecule has 1 heterocycles. The summed E-state index contributed by atoms with van der Waals surface area (Å²) in [4.78, 5) is 16.8. The highest BCUT2D eigenvalue weighted by atomic mass is 16.1. The molecule has 3 nitrogen and oxygen atoms in total. The second-order valence-corrected chi connectivity index (χ2v) is 5.65. The molecule has 0 aliphatic carbocycles. The molecule has 1 unspecified atom stereocenters. The summed E-state index contributed by atoms with van der Waals surface area (Å²) >= 11 is 0. The lowest BCUT2D eigenvalue weighted by Gasteiger charge is -2.19. The van der Waals surface area contributed by atoms with E-state index in [4.69, 9.17) is 0 Å². The Morgan fingerprint density at radius 3 is 2.21 bits per heavy atom. The molecule has 0 saturated heterocycles. The number of hydrogen-bond donors (Lipinski definition) is 1. The van der Waals surface area contributed by atoms with E-state index in [1.807, 2.05) is 78.9 Å². The smallest absolute Gasteiger partial charge is 0.221 e. The maximum atomic E-state index is 12.4. The molecular weight excluding hydrogens is 296 g/mol. The third-order valence-electron chi connectivity index (χ3n) is 3.91. The van der Waals surface area contributed by atoms with Gasteiger partial charge in [-0.15, -0.1) is 0 Å². The first-order chi connectivity index (χ1) is 11.8. The zero-order valence-electron chi connectivity index (χ0n) is 13.4. The molecule has 24 heavy (non-hydrogen) atoms. The molecule has 0 radical (unpaired) electrons. The van der Waals surface area contributed by atoms with Crippen molar-refractivity contribution in [3.63, 3.8) is 0 Å². The molecule has 0 aliphatic rings. The van der Waals surface area contributed by atoms with Crippen molar-refractivity contribution in [2.75, 3.05) is 0 Å². The number of aromatic nitrogens is 1. The minimum Gasteiger partial charge on any atom is -0.344 e. The zero-order valence-corrected chi connectivity index (χ0v) is 13.4. The quantitative estimate of drug-likeness (QED) is 0.749. The van der Waals surface area contributed by atoms with Crippen LogP contribution in [0.1, 0.15) is 29.3 Å². The van der Waals surface area contributed by atoms with Crippen molar-refractivity contribution in [1.29, 1.82) is 0 Å².